The van der Waals surface area contributed by atoms with Crippen molar-refractivity contribution < 1.29 is 19.1 Å². The van der Waals surface area contributed by atoms with Crippen LogP contribution in [0.2, 0.25) is 0 Å². The van der Waals surface area contributed by atoms with E-state index in [9.17, 15) is 9.59 Å². The van der Waals surface area contributed by atoms with Crippen LogP contribution in [-0.2, 0) is 16.0 Å². The van der Waals surface area contributed by atoms with E-state index in [0.29, 0.717) is 29.4 Å². The number of nitrogens with one attached hydrogen (secondary N) is 1. The normalized spacial score (nSPS) is 14.9. The van der Waals surface area contributed by atoms with Crippen LogP contribution in [0.25, 0.3) is 0 Å². The zero-order chi connectivity index (χ0) is 23.4. The molecule has 0 aromatic heterocycles. The summed E-state index contributed by atoms with van der Waals surface area (Å²) in [5.41, 5.74) is 4.59. The number of fused-ring (bicyclic) bond motifs is 1. The molecule has 1 N–H and O–H groups in total. The van der Waals surface area contributed by atoms with E-state index < -0.39 is 6.10 Å². The Balaban J connectivity index is 1.43. The fraction of sp³-hybridized carbons (Fsp3) is 0.259. The van der Waals surface area contributed by atoms with E-state index in [2.05, 4.69) is 5.32 Å². The summed E-state index contributed by atoms with van der Waals surface area (Å²) in [5.74, 6) is 0.928. The van der Waals surface area contributed by atoms with Gasteiger partial charge >= 0.3 is 0 Å². The van der Waals surface area contributed by atoms with Crippen LogP contribution in [0.4, 0.5) is 11.4 Å². The van der Waals surface area contributed by atoms with Crippen molar-refractivity contribution in [3.63, 3.8) is 0 Å². The van der Waals surface area contributed by atoms with Crippen LogP contribution in [0.3, 0.4) is 0 Å². The molecule has 6 heteroatoms. The summed E-state index contributed by atoms with van der Waals surface area (Å²) in [6.07, 6.45) is 0.152. The number of anilines is 2. The maximum Gasteiger partial charge on any atom is 0.267 e. The molecule has 0 spiro atoms. The number of rotatable bonds is 7. The van der Waals surface area contributed by atoms with Gasteiger partial charge in [0.15, 0.2) is 12.7 Å². The van der Waals surface area contributed by atoms with Crippen LogP contribution in [0.15, 0.2) is 66.7 Å². The summed E-state index contributed by atoms with van der Waals surface area (Å²) >= 11 is 0. The molecule has 33 heavy (non-hydrogen) atoms. The molecule has 0 fully saturated rings. The van der Waals surface area contributed by atoms with Crippen LogP contribution in [-0.4, -0.2) is 31.1 Å². The van der Waals surface area contributed by atoms with Gasteiger partial charge in [0, 0.05) is 18.3 Å². The monoisotopic (exact) mass is 444 g/mol. The second-order valence-electron chi connectivity index (χ2n) is 8.20. The lowest BCUT2D eigenvalue weighted by Gasteiger charge is -2.33. The first-order chi connectivity index (χ1) is 15.9. The Morgan fingerprint density at radius 1 is 1.06 bits per heavy atom. The second kappa shape index (κ2) is 9.77. The number of carbonyl (C=O) groups is 2. The molecule has 4 rings (SSSR count). The third-order valence-corrected chi connectivity index (χ3v) is 5.83. The van der Waals surface area contributed by atoms with Crippen molar-refractivity contribution in [1.29, 1.82) is 0 Å². The summed E-state index contributed by atoms with van der Waals surface area (Å²) in [4.78, 5) is 27.0. The van der Waals surface area contributed by atoms with E-state index in [-0.39, 0.29) is 18.4 Å². The minimum Gasteiger partial charge on any atom is -0.483 e. The third kappa shape index (κ3) is 5.17. The molecule has 0 saturated carbocycles. The fourth-order valence-corrected chi connectivity index (χ4v) is 3.83. The van der Waals surface area contributed by atoms with Crippen molar-refractivity contribution in [2.24, 2.45) is 0 Å². The molecule has 2 amide bonds. The Morgan fingerprint density at radius 3 is 2.64 bits per heavy atom. The highest BCUT2D eigenvalue weighted by Crippen LogP contribution is 2.36. The van der Waals surface area contributed by atoms with Gasteiger partial charge in [0.1, 0.15) is 11.5 Å². The quantitative estimate of drug-likeness (QED) is 0.575. The molecule has 170 valence electrons. The average Bonchev–Trinajstić information content (AvgIpc) is 2.81. The van der Waals surface area contributed by atoms with Crippen LogP contribution in [0, 0.1) is 13.8 Å². The van der Waals surface area contributed by atoms with Crippen LogP contribution >= 0.6 is 0 Å². The Morgan fingerprint density at radius 2 is 1.85 bits per heavy atom. The minimum atomic E-state index is -0.591. The van der Waals surface area contributed by atoms with Crippen molar-refractivity contribution >= 4 is 23.2 Å². The van der Waals surface area contributed by atoms with E-state index >= 15 is 0 Å². The van der Waals surface area contributed by atoms with Crippen molar-refractivity contribution in [3.8, 4) is 11.5 Å². The first-order valence-electron chi connectivity index (χ1n) is 11.1. The van der Waals surface area contributed by atoms with Crippen LogP contribution in [0.5, 0.6) is 11.5 Å². The maximum atomic E-state index is 12.8. The van der Waals surface area contributed by atoms with Gasteiger partial charge in [0.25, 0.3) is 11.8 Å². The lowest BCUT2D eigenvalue weighted by Crippen LogP contribution is -2.45. The molecule has 1 aliphatic heterocycles. The first kappa shape index (κ1) is 22.4. The molecule has 1 atom stereocenters. The molecule has 1 heterocycles. The number of amides is 2. The Hall–Kier alpha value is -3.80. The molecule has 0 bridgehead atoms. The Bertz CT molecular complexity index is 1160. The van der Waals surface area contributed by atoms with Crippen LogP contribution in [0.1, 0.15) is 23.6 Å². The third-order valence-electron chi connectivity index (χ3n) is 5.83. The van der Waals surface area contributed by atoms with Gasteiger partial charge in [0.2, 0.25) is 0 Å². The van der Waals surface area contributed by atoms with Gasteiger partial charge < -0.3 is 19.7 Å². The fourth-order valence-electron chi connectivity index (χ4n) is 3.83. The average molecular weight is 445 g/mol. The summed E-state index contributed by atoms with van der Waals surface area (Å²) in [5, 5.41) is 2.85. The number of benzene rings is 3. The minimum absolute atomic E-state index is 0.0721. The summed E-state index contributed by atoms with van der Waals surface area (Å²) in [7, 11) is 0. The molecule has 0 saturated heterocycles. The van der Waals surface area contributed by atoms with E-state index in [1.807, 2.05) is 68.4 Å². The molecule has 0 aliphatic carbocycles. The SMILES string of the molecule is Cc1cccc(OCC(=O)Nc2ccc3c(c2)OC(C)C(=O)N3CCc2ccccc2)c1C. The molecule has 6 nitrogen and oxygen atoms in total. The number of aryl methyl sites for hydroxylation is 1. The van der Waals surface area contributed by atoms with Gasteiger partial charge in [-0.2, -0.15) is 0 Å². The highest BCUT2D eigenvalue weighted by molar-refractivity contribution is 6.00. The van der Waals surface area contributed by atoms with Crippen molar-refractivity contribution in [3.05, 3.63) is 83.4 Å². The molecule has 1 unspecified atom stereocenters. The van der Waals surface area contributed by atoms with Gasteiger partial charge in [-0.3, -0.25) is 9.59 Å². The highest BCUT2D eigenvalue weighted by Gasteiger charge is 2.31. The predicted octanol–water partition coefficient (Wildman–Crippen LogP) is 4.68. The van der Waals surface area contributed by atoms with Crippen molar-refractivity contribution in [2.45, 2.75) is 33.3 Å². The lowest BCUT2D eigenvalue weighted by atomic mass is 10.1. The standard InChI is InChI=1S/C27H28N2O4/c1-18-8-7-11-24(19(18)2)32-17-26(30)28-22-12-13-23-25(16-22)33-20(3)27(31)29(23)15-14-21-9-5-4-6-10-21/h4-13,16,20H,14-15,17H2,1-3H3,(H,28,30). The van der Waals surface area contributed by atoms with Gasteiger partial charge in [-0.15, -0.1) is 0 Å². The molecule has 3 aromatic rings. The molecular weight excluding hydrogens is 416 g/mol. The number of nitrogens with zero attached hydrogens (tertiary/aromatic N) is 1. The number of hydrogen-bond donors (Lipinski definition) is 1. The summed E-state index contributed by atoms with van der Waals surface area (Å²) in [6, 6.07) is 21.2. The zero-order valence-electron chi connectivity index (χ0n) is 19.1. The van der Waals surface area contributed by atoms with E-state index in [1.54, 1.807) is 24.0 Å². The van der Waals surface area contributed by atoms with Crippen molar-refractivity contribution in [2.75, 3.05) is 23.4 Å². The summed E-state index contributed by atoms with van der Waals surface area (Å²) in [6.45, 7) is 6.17. The number of ether oxygens (including phenoxy) is 2. The van der Waals surface area contributed by atoms with Crippen LogP contribution < -0.4 is 19.7 Å². The maximum absolute atomic E-state index is 12.8. The zero-order valence-corrected chi connectivity index (χ0v) is 19.1. The molecule has 3 aromatic carbocycles. The summed E-state index contributed by atoms with van der Waals surface area (Å²) < 4.78 is 11.5. The van der Waals surface area contributed by atoms with Crippen molar-refractivity contribution in [1.82, 2.24) is 0 Å². The van der Waals surface area contributed by atoms with E-state index in [1.165, 1.54) is 5.56 Å². The molecule has 0 radical (unpaired) electrons. The van der Waals surface area contributed by atoms with Gasteiger partial charge in [-0.1, -0.05) is 42.5 Å². The predicted molar refractivity (Wildman–Crippen MR) is 129 cm³/mol. The van der Waals surface area contributed by atoms with Gasteiger partial charge in [-0.25, -0.2) is 0 Å². The number of hydrogen-bond acceptors (Lipinski definition) is 4. The molecule has 1 aliphatic rings. The largest absolute Gasteiger partial charge is 0.483 e. The topological polar surface area (TPSA) is 67.9 Å². The Kier molecular flexibility index (Phi) is 6.63. The first-order valence-corrected chi connectivity index (χ1v) is 11.1. The van der Waals surface area contributed by atoms with Gasteiger partial charge in [-0.05, 0) is 62.1 Å². The smallest absolute Gasteiger partial charge is 0.267 e. The molecular formula is C27H28N2O4. The number of carbonyl (C=O) groups excluding carboxylic acids is 2. The van der Waals surface area contributed by atoms with E-state index in [0.717, 1.165) is 17.5 Å². The second-order valence-corrected chi connectivity index (χ2v) is 8.20. The van der Waals surface area contributed by atoms with E-state index in [4.69, 9.17) is 9.47 Å². The van der Waals surface area contributed by atoms with Gasteiger partial charge in [0.05, 0.1) is 5.69 Å². The lowest BCUT2D eigenvalue weighted by molar-refractivity contribution is -0.125. The highest BCUT2D eigenvalue weighted by atomic mass is 16.5. The Labute approximate surface area is 194 Å².